The maximum Gasteiger partial charge on any atom is 0.143 e. The average Bonchev–Trinajstić information content (AvgIpc) is 2.36. The maximum atomic E-state index is 13.4. The number of aryl methyl sites for hydroxylation is 1. The zero-order chi connectivity index (χ0) is 13.1. The van der Waals surface area contributed by atoms with Crippen LogP contribution in [0.1, 0.15) is 5.56 Å². The maximum absolute atomic E-state index is 13.4. The summed E-state index contributed by atoms with van der Waals surface area (Å²) in [6, 6.07) is 10.3. The molecule has 3 nitrogen and oxygen atoms in total. The molecule has 4 heteroatoms. The van der Waals surface area contributed by atoms with Crippen LogP contribution in [0.3, 0.4) is 0 Å². The van der Waals surface area contributed by atoms with Crippen LogP contribution in [0.15, 0.2) is 36.4 Å². The summed E-state index contributed by atoms with van der Waals surface area (Å²) in [5.41, 5.74) is 8.39. The van der Waals surface area contributed by atoms with Gasteiger partial charge in [0, 0.05) is 17.4 Å². The SMILES string of the molecule is COc1cc(Nc2ccc(C)c(F)c2)ccc1N. The van der Waals surface area contributed by atoms with Crippen molar-refractivity contribution in [1.82, 2.24) is 0 Å². The molecule has 3 N–H and O–H groups in total. The van der Waals surface area contributed by atoms with Gasteiger partial charge >= 0.3 is 0 Å². The van der Waals surface area contributed by atoms with Gasteiger partial charge < -0.3 is 15.8 Å². The Bertz CT molecular complexity index is 570. The molecule has 2 rings (SSSR count). The van der Waals surface area contributed by atoms with E-state index in [1.807, 2.05) is 12.1 Å². The smallest absolute Gasteiger partial charge is 0.143 e. The monoisotopic (exact) mass is 246 g/mol. The highest BCUT2D eigenvalue weighted by molar-refractivity contribution is 5.66. The number of anilines is 3. The Kier molecular flexibility index (Phi) is 3.37. The minimum absolute atomic E-state index is 0.234. The normalized spacial score (nSPS) is 10.2. The van der Waals surface area contributed by atoms with Gasteiger partial charge in [-0.05, 0) is 36.8 Å². The van der Waals surface area contributed by atoms with Crippen molar-refractivity contribution < 1.29 is 9.13 Å². The Morgan fingerprint density at radius 1 is 1.11 bits per heavy atom. The van der Waals surface area contributed by atoms with Gasteiger partial charge in [-0.1, -0.05) is 6.07 Å². The Morgan fingerprint density at radius 3 is 2.44 bits per heavy atom. The van der Waals surface area contributed by atoms with E-state index in [0.29, 0.717) is 22.7 Å². The molecule has 0 aliphatic carbocycles. The first-order valence-corrected chi connectivity index (χ1v) is 5.57. The molecule has 18 heavy (non-hydrogen) atoms. The van der Waals surface area contributed by atoms with Crippen LogP contribution in [0.25, 0.3) is 0 Å². The van der Waals surface area contributed by atoms with E-state index in [9.17, 15) is 4.39 Å². The second-order valence-corrected chi connectivity index (χ2v) is 4.05. The summed E-state index contributed by atoms with van der Waals surface area (Å²) in [4.78, 5) is 0. The molecule has 2 aromatic carbocycles. The van der Waals surface area contributed by atoms with Crippen LogP contribution < -0.4 is 15.8 Å². The fourth-order valence-corrected chi connectivity index (χ4v) is 1.63. The van der Waals surface area contributed by atoms with Crippen molar-refractivity contribution in [3.63, 3.8) is 0 Å². The summed E-state index contributed by atoms with van der Waals surface area (Å²) in [5, 5.41) is 3.10. The number of nitrogens with two attached hydrogens (primary N) is 1. The molecule has 0 unspecified atom stereocenters. The zero-order valence-electron chi connectivity index (χ0n) is 10.3. The number of benzene rings is 2. The van der Waals surface area contributed by atoms with Gasteiger partial charge in [0.2, 0.25) is 0 Å². The van der Waals surface area contributed by atoms with E-state index in [0.717, 1.165) is 5.69 Å². The molecule has 0 saturated heterocycles. The Balaban J connectivity index is 2.25. The van der Waals surface area contributed by atoms with Gasteiger partial charge in [0.15, 0.2) is 0 Å². The molecule has 0 aromatic heterocycles. The summed E-state index contributed by atoms with van der Waals surface area (Å²) in [6.07, 6.45) is 0. The molecular weight excluding hydrogens is 231 g/mol. The van der Waals surface area contributed by atoms with Gasteiger partial charge in [-0.15, -0.1) is 0 Å². The number of nitrogens with one attached hydrogen (secondary N) is 1. The number of hydrogen-bond acceptors (Lipinski definition) is 3. The van der Waals surface area contributed by atoms with E-state index in [1.165, 1.54) is 6.07 Å². The predicted molar refractivity (Wildman–Crippen MR) is 71.8 cm³/mol. The number of halogens is 1. The van der Waals surface area contributed by atoms with Crippen molar-refractivity contribution >= 4 is 17.1 Å². The van der Waals surface area contributed by atoms with E-state index in [4.69, 9.17) is 10.5 Å². The summed E-state index contributed by atoms with van der Waals surface area (Å²) in [7, 11) is 1.56. The summed E-state index contributed by atoms with van der Waals surface area (Å²) in [6.45, 7) is 1.73. The van der Waals surface area contributed by atoms with Gasteiger partial charge in [-0.2, -0.15) is 0 Å². The highest BCUT2D eigenvalue weighted by Gasteiger charge is 2.03. The van der Waals surface area contributed by atoms with Crippen molar-refractivity contribution in [3.8, 4) is 5.75 Å². The van der Waals surface area contributed by atoms with Crippen LogP contribution in [-0.2, 0) is 0 Å². The fourth-order valence-electron chi connectivity index (χ4n) is 1.63. The number of ether oxygens (including phenoxy) is 1. The molecule has 0 aliphatic heterocycles. The molecule has 0 fully saturated rings. The van der Waals surface area contributed by atoms with Crippen molar-refractivity contribution in [2.45, 2.75) is 6.92 Å². The first-order valence-electron chi connectivity index (χ1n) is 5.57. The molecule has 0 radical (unpaired) electrons. The van der Waals surface area contributed by atoms with E-state index in [2.05, 4.69) is 5.32 Å². The molecule has 0 saturated carbocycles. The average molecular weight is 246 g/mol. The van der Waals surface area contributed by atoms with E-state index in [-0.39, 0.29) is 5.82 Å². The minimum Gasteiger partial charge on any atom is -0.495 e. The summed E-state index contributed by atoms with van der Waals surface area (Å²) < 4.78 is 18.5. The highest BCUT2D eigenvalue weighted by atomic mass is 19.1. The van der Waals surface area contributed by atoms with Crippen LogP contribution >= 0.6 is 0 Å². The first kappa shape index (κ1) is 12.2. The Hall–Kier alpha value is -2.23. The second kappa shape index (κ2) is 4.96. The van der Waals surface area contributed by atoms with Gasteiger partial charge in [0.05, 0.1) is 12.8 Å². The van der Waals surface area contributed by atoms with E-state index in [1.54, 1.807) is 32.2 Å². The first-order chi connectivity index (χ1) is 8.60. The van der Waals surface area contributed by atoms with Crippen molar-refractivity contribution in [2.75, 3.05) is 18.2 Å². The summed E-state index contributed by atoms with van der Waals surface area (Å²) >= 11 is 0. The largest absolute Gasteiger partial charge is 0.495 e. The molecule has 0 aliphatic rings. The standard InChI is InChI=1S/C14H15FN2O/c1-9-3-4-10(7-12(9)15)17-11-5-6-13(16)14(8-11)18-2/h3-8,17H,16H2,1-2H3. The van der Waals surface area contributed by atoms with Crippen LogP contribution in [0.2, 0.25) is 0 Å². The van der Waals surface area contributed by atoms with Gasteiger partial charge in [-0.25, -0.2) is 4.39 Å². The second-order valence-electron chi connectivity index (χ2n) is 4.05. The third-order valence-corrected chi connectivity index (χ3v) is 2.69. The molecule has 0 amide bonds. The zero-order valence-corrected chi connectivity index (χ0v) is 10.3. The lowest BCUT2D eigenvalue weighted by molar-refractivity contribution is 0.417. The van der Waals surface area contributed by atoms with Crippen LogP contribution in [-0.4, -0.2) is 7.11 Å². The van der Waals surface area contributed by atoms with Gasteiger partial charge in [0.1, 0.15) is 11.6 Å². The van der Waals surface area contributed by atoms with Crippen LogP contribution in [0.5, 0.6) is 5.75 Å². The number of hydrogen-bond donors (Lipinski definition) is 2. The van der Waals surface area contributed by atoms with Crippen LogP contribution in [0, 0.1) is 12.7 Å². The molecule has 0 bridgehead atoms. The lowest BCUT2D eigenvalue weighted by atomic mass is 10.2. The molecule has 0 spiro atoms. The number of rotatable bonds is 3. The quantitative estimate of drug-likeness (QED) is 0.815. The minimum atomic E-state index is -0.234. The lowest BCUT2D eigenvalue weighted by Gasteiger charge is -2.10. The third-order valence-electron chi connectivity index (χ3n) is 2.69. The van der Waals surface area contributed by atoms with E-state index >= 15 is 0 Å². The molecule has 2 aromatic rings. The Labute approximate surface area is 105 Å². The third kappa shape index (κ3) is 2.53. The molecule has 0 atom stereocenters. The van der Waals surface area contributed by atoms with Gasteiger partial charge in [0.25, 0.3) is 0 Å². The highest BCUT2D eigenvalue weighted by Crippen LogP contribution is 2.27. The molecular formula is C14H15FN2O. The Morgan fingerprint density at radius 2 is 1.78 bits per heavy atom. The fraction of sp³-hybridized carbons (Fsp3) is 0.143. The molecule has 94 valence electrons. The van der Waals surface area contributed by atoms with Crippen LogP contribution in [0.4, 0.5) is 21.5 Å². The van der Waals surface area contributed by atoms with Gasteiger partial charge in [-0.3, -0.25) is 0 Å². The van der Waals surface area contributed by atoms with Crippen molar-refractivity contribution in [2.24, 2.45) is 0 Å². The van der Waals surface area contributed by atoms with Crippen molar-refractivity contribution in [1.29, 1.82) is 0 Å². The van der Waals surface area contributed by atoms with Crippen molar-refractivity contribution in [3.05, 3.63) is 47.8 Å². The number of methoxy groups -OCH3 is 1. The topological polar surface area (TPSA) is 47.3 Å². The summed E-state index contributed by atoms with van der Waals surface area (Å²) in [5.74, 6) is 0.356. The molecule has 0 heterocycles. The predicted octanol–water partition coefficient (Wildman–Crippen LogP) is 3.47. The van der Waals surface area contributed by atoms with E-state index < -0.39 is 0 Å². The number of nitrogen functional groups attached to an aromatic ring is 1. The lowest BCUT2D eigenvalue weighted by Crippen LogP contribution is -1.96.